The number of rotatable bonds is 7. The van der Waals surface area contributed by atoms with Crippen LogP contribution in [0, 0.1) is 10.8 Å². The van der Waals surface area contributed by atoms with Crippen molar-refractivity contribution in [3.05, 3.63) is 0 Å². The van der Waals surface area contributed by atoms with E-state index in [0.717, 1.165) is 18.3 Å². The molecule has 42 heavy (non-hydrogen) atoms. The van der Waals surface area contributed by atoms with Crippen LogP contribution in [-0.4, -0.2) is 81.4 Å². The van der Waals surface area contributed by atoms with E-state index < -0.39 is 35.4 Å². The summed E-state index contributed by atoms with van der Waals surface area (Å²) in [7, 11) is 0. The van der Waals surface area contributed by atoms with E-state index in [1.54, 1.807) is 39.5 Å². The van der Waals surface area contributed by atoms with Gasteiger partial charge in [-0.2, -0.15) is 0 Å². The molecule has 0 aromatic heterocycles. The number of alkyl carbamates (subject to hydrolysis) is 1. The minimum atomic E-state index is -0.620. The standard InChI is InChI=1S/C14H23NO4.C9H17NO4.C5H8I2.CH4.Na.H/c1-5-18-11(16)10-8-14(6-7-14)9-15(10)12(17)19-13(2,3)4;1-5-13-7(11)6-10-8(12)14-9(2,3)4;6-3-5(4-7)1-2-5;;;/h10H,5-9H2,1-4H3;5-6H2,1-4H3,(H,10,12);1-4H2;1H4;;/q;;;;+1;-1. The maximum atomic E-state index is 12.2. The van der Waals surface area contributed by atoms with Crippen molar-refractivity contribution in [1.29, 1.82) is 0 Å². The zero-order valence-electron chi connectivity index (χ0n) is 27.3. The number of esters is 2. The number of hydrogen-bond donors (Lipinski definition) is 1. The molecule has 0 radical (unpaired) electrons. The summed E-state index contributed by atoms with van der Waals surface area (Å²) in [5.41, 5.74) is -0.149. The van der Waals surface area contributed by atoms with Crippen molar-refractivity contribution in [3.63, 3.8) is 0 Å². The number of nitrogens with one attached hydrogen (secondary N) is 1. The Morgan fingerprint density at radius 3 is 1.74 bits per heavy atom. The zero-order valence-corrected chi connectivity index (χ0v) is 32.6. The monoisotopic (exact) mass is 834 g/mol. The number of amides is 2. The van der Waals surface area contributed by atoms with Crippen LogP contribution in [0.4, 0.5) is 9.59 Å². The summed E-state index contributed by atoms with van der Waals surface area (Å²) in [6.45, 7) is 15.3. The van der Waals surface area contributed by atoms with Gasteiger partial charge in [0.2, 0.25) is 0 Å². The number of ether oxygens (including phenoxy) is 4. The molecule has 1 aliphatic heterocycles. The van der Waals surface area contributed by atoms with Crippen LogP contribution in [-0.2, 0) is 28.5 Å². The normalized spacial score (nSPS) is 18.7. The van der Waals surface area contributed by atoms with Gasteiger partial charge in [-0.05, 0) is 98.3 Å². The van der Waals surface area contributed by atoms with Crippen LogP contribution in [0.25, 0.3) is 0 Å². The predicted octanol–water partition coefficient (Wildman–Crippen LogP) is 3.80. The van der Waals surface area contributed by atoms with Crippen molar-refractivity contribution < 1.29 is 69.1 Å². The molecular formula is C29H53I2N2NaO8. The van der Waals surface area contributed by atoms with Gasteiger partial charge in [0.15, 0.2) is 0 Å². The second-order valence-corrected chi connectivity index (χ2v) is 14.0. The third-order valence-corrected chi connectivity index (χ3v) is 9.49. The van der Waals surface area contributed by atoms with Gasteiger partial charge in [0, 0.05) is 15.4 Å². The molecule has 1 saturated heterocycles. The first-order valence-corrected chi connectivity index (χ1v) is 16.9. The Balaban J connectivity index is -0.000000590. The maximum Gasteiger partial charge on any atom is 1.00 e. The summed E-state index contributed by atoms with van der Waals surface area (Å²) < 4.78 is 22.7. The Morgan fingerprint density at radius 2 is 1.38 bits per heavy atom. The molecule has 0 aromatic rings. The molecular weight excluding hydrogens is 781 g/mol. The van der Waals surface area contributed by atoms with E-state index in [0.29, 0.717) is 26.2 Å². The van der Waals surface area contributed by atoms with E-state index in [1.165, 1.54) is 21.7 Å². The molecule has 3 fully saturated rings. The van der Waals surface area contributed by atoms with E-state index in [9.17, 15) is 19.2 Å². The molecule has 1 heterocycles. The van der Waals surface area contributed by atoms with Gasteiger partial charge in [-0.1, -0.05) is 52.6 Å². The summed E-state index contributed by atoms with van der Waals surface area (Å²) in [5.74, 6) is -0.782. The molecule has 3 aliphatic rings. The fourth-order valence-corrected chi connectivity index (χ4v) is 6.80. The van der Waals surface area contributed by atoms with Crippen LogP contribution < -0.4 is 34.9 Å². The first-order chi connectivity index (χ1) is 18.4. The number of carbonyl (C=O) groups excluding carboxylic acids is 4. The van der Waals surface area contributed by atoms with Gasteiger partial charge in [0.1, 0.15) is 23.8 Å². The molecule has 242 valence electrons. The topological polar surface area (TPSA) is 120 Å². The number of nitrogens with zero attached hydrogens (tertiary/aromatic N) is 1. The number of likely N-dealkylation sites (tertiary alicyclic amines) is 1. The average Bonchev–Trinajstić information content (AvgIpc) is 3.74. The van der Waals surface area contributed by atoms with Crippen molar-refractivity contribution in [3.8, 4) is 0 Å². The summed E-state index contributed by atoms with van der Waals surface area (Å²) in [6, 6.07) is -0.475. The molecule has 2 amide bonds. The second kappa shape index (κ2) is 19.5. The zero-order chi connectivity index (χ0) is 30.8. The summed E-state index contributed by atoms with van der Waals surface area (Å²) in [5, 5.41) is 2.29. The second-order valence-electron chi connectivity index (χ2n) is 12.5. The Hall–Kier alpha value is -0.0600. The quantitative estimate of drug-likeness (QED) is 0.135. The maximum absolute atomic E-state index is 12.2. The van der Waals surface area contributed by atoms with Crippen molar-refractivity contribution in [1.82, 2.24) is 10.2 Å². The van der Waals surface area contributed by atoms with Gasteiger partial charge in [0.05, 0.1) is 13.2 Å². The van der Waals surface area contributed by atoms with Crippen LogP contribution >= 0.6 is 45.2 Å². The molecule has 1 atom stereocenters. The van der Waals surface area contributed by atoms with Crippen LogP contribution in [0.15, 0.2) is 0 Å². The fraction of sp³-hybridized carbons (Fsp3) is 0.862. The Kier molecular flexibility index (Phi) is 20.4. The molecule has 1 spiro atoms. The van der Waals surface area contributed by atoms with E-state index in [4.69, 9.17) is 14.2 Å². The Bertz CT molecular complexity index is 870. The SMILES string of the molecule is C.CCOC(=O)C1CC2(CC2)CN1C(=O)OC(C)(C)C.CCOC(=O)CNC(=O)OC(C)(C)C.ICC1(CI)CC1.[H-].[Na+]. The van der Waals surface area contributed by atoms with Crippen molar-refractivity contribution in [2.75, 3.05) is 35.2 Å². The first-order valence-electron chi connectivity index (χ1n) is 13.8. The van der Waals surface area contributed by atoms with Crippen molar-refractivity contribution in [2.45, 2.75) is 112 Å². The molecule has 3 rings (SSSR count). The fourth-order valence-electron chi connectivity index (χ4n) is 3.71. The van der Waals surface area contributed by atoms with Gasteiger partial charge in [-0.15, -0.1) is 0 Å². The number of hydrogen-bond acceptors (Lipinski definition) is 8. The van der Waals surface area contributed by atoms with E-state index in [2.05, 4.69) is 55.2 Å². The van der Waals surface area contributed by atoms with Crippen LogP contribution in [0.5, 0.6) is 0 Å². The van der Waals surface area contributed by atoms with Crippen LogP contribution in [0.3, 0.4) is 0 Å². The van der Waals surface area contributed by atoms with E-state index in [1.807, 2.05) is 20.8 Å². The Labute approximate surface area is 304 Å². The van der Waals surface area contributed by atoms with Crippen LogP contribution in [0.1, 0.15) is 96.3 Å². The minimum Gasteiger partial charge on any atom is -1.00 e. The Morgan fingerprint density at radius 1 is 0.881 bits per heavy atom. The van der Waals surface area contributed by atoms with Crippen molar-refractivity contribution in [2.24, 2.45) is 10.8 Å². The largest absolute Gasteiger partial charge is 1.00 e. The first kappa shape index (κ1) is 44.1. The summed E-state index contributed by atoms with van der Waals surface area (Å²) >= 11 is 4.98. The van der Waals surface area contributed by atoms with E-state index in [-0.39, 0.29) is 56.3 Å². The molecule has 10 nitrogen and oxygen atoms in total. The van der Waals surface area contributed by atoms with E-state index >= 15 is 0 Å². The minimum absolute atomic E-state index is 0. The third-order valence-electron chi connectivity index (χ3n) is 6.26. The van der Waals surface area contributed by atoms with Gasteiger partial charge >= 0.3 is 53.7 Å². The van der Waals surface area contributed by atoms with Gasteiger partial charge in [-0.3, -0.25) is 9.69 Å². The van der Waals surface area contributed by atoms with Crippen LogP contribution in [0.2, 0.25) is 0 Å². The number of halogens is 2. The van der Waals surface area contributed by atoms with Gasteiger partial charge in [0.25, 0.3) is 0 Å². The molecule has 1 N–H and O–H groups in total. The summed E-state index contributed by atoms with van der Waals surface area (Å²) in [4.78, 5) is 47.6. The molecule has 0 bridgehead atoms. The molecule has 0 aromatic carbocycles. The van der Waals surface area contributed by atoms with Gasteiger partial charge < -0.3 is 25.7 Å². The van der Waals surface area contributed by atoms with Gasteiger partial charge in [-0.25, -0.2) is 14.4 Å². The third kappa shape index (κ3) is 17.4. The average molecular weight is 835 g/mol. The predicted molar refractivity (Wildman–Crippen MR) is 178 cm³/mol. The summed E-state index contributed by atoms with van der Waals surface area (Å²) in [6.07, 6.45) is 4.83. The number of alkyl halides is 2. The molecule has 2 saturated carbocycles. The van der Waals surface area contributed by atoms with Crippen molar-refractivity contribution >= 4 is 69.3 Å². The molecule has 2 aliphatic carbocycles. The molecule has 13 heteroatoms. The molecule has 1 unspecified atom stereocenters. The smallest absolute Gasteiger partial charge is 1.00 e. The number of carbonyl (C=O) groups is 4.